The monoisotopic (exact) mass is 461 g/mol. The molecular formula is C24H35N3O6. The van der Waals surface area contributed by atoms with E-state index in [1.54, 1.807) is 65.0 Å². The zero-order valence-electron chi connectivity index (χ0n) is 20.2. The van der Waals surface area contributed by atoms with Crippen molar-refractivity contribution >= 4 is 23.9 Å². The van der Waals surface area contributed by atoms with Gasteiger partial charge < -0.3 is 25.0 Å². The number of nitrogens with one attached hydrogen (secondary N) is 2. The number of ether oxygens (including phenoxy) is 2. The molecule has 0 fully saturated rings. The normalized spacial score (nSPS) is 12.8. The zero-order valence-corrected chi connectivity index (χ0v) is 20.2. The van der Waals surface area contributed by atoms with Gasteiger partial charge in [-0.1, -0.05) is 50.3 Å². The predicted molar refractivity (Wildman–Crippen MR) is 124 cm³/mol. The highest BCUT2D eigenvalue weighted by molar-refractivity contribution is 5.93. The number of benzene rings is 1. The summed E-state index contributed by atoms with van der Waals surface area (Å²) in [4.78, 5) is 52.0. The molecule has 1 aromatic carbocycles. The number of amides is 3. The van der Waals surface area contributed by atoms with Gasteiger partial charge in [-0.05, 0) is 32.3 Å². The molecular weight excluding hydrogens is 426 g/mol. The first-order valence-electron chi connectivity index (χ1n) is 10.7. The second kappa shape index (κ2) is 12.6. The van der Waals surface area contributed by atoms with E-state index in [9.17, 15) is 19.2 Å². The number of nitrogens with zero attached hydrogens (tertiary/aromatic N) is 1. The molecule has 1 aromatic rings. The smallest absolute Gasteiger partial charge is 0.408 e. The largest absolute Gasteiger partial charge is 0.468 e. The molecule has 9 heteroatoms. The lowest BCUT2D eigenvalue weighted by Gasteiger charge is -2.35. The summed E-state index contributed by atoms with van der Waals surface area (Å²) in [5, 5.41) is 5.14. The maximum Gasteiger partial charge on any atom is 0.408 e. The first kappa shape index (κ1) is 27.7. The summed E-state index contributed by atoms with van der Waals surface area (Å²) in [6.45, 7) is 12.1. The number of esters is 1. The van der Waals surface area contributed by atoms with Crippen molar-refractivity contribution in [2.24, 2.45) is 5.92 Å². The molecule has 3 amide bonds. The van der Waals surface area contributed by atoms with Crippen LogP contribution in [-0.2, 0) is 23.9 Å². The summed E-state index contributed by atoms with van der Waals surface area (Å²) in [7, 11) is 1.21. The van der Waals surface area contributed by atoms with Crippen molar-refractivity contribution in [1.29, 1.82) is 0 Å². The molecule has 9 nitrogen and oxygen atoms in total. The Morgan fingerprint density at radius 1 is 1.12 bits per heavy atom. The molecule has 0 aromatic heterocycles. The first-order chi connectivity index (χ1) is 15.4. The van der Waals surface area contributed by atoms with Crippen molar-refractivity contribution in [2.75, 3.05) is 20.2 Å². The Labute approximate surface area is 195 Å². The van der Waals surface area contributed by atoms with Crippen LogP contribution >= 0.6 is 0 Å². The number of alkyl carbamates (subject to hydrolysis) is 1. The van der Waals surface area contributed by atoms with Crippen LogP contribution < -0.4 is 10.6 Å². The number of rotatable bonds is 10. The van der Waals surface area contributed by atoms with E-state index in [1.807, 2.05) is 0 Å². The highest BCUT2D eigenvalue weighted by Gasteiger charge is 2.37. The molecule has 0 bridgehead atoms. The summed E-state index contributed by atoms with van der Waals surface area (Å²) < 4.78 is 9.89. The Hall–Kier alpha value is -3.36. The molecule has 0 saturated heterocycles. The average Bonchev–Trinajstić information content (AvgIpc) is 2.74. The third-order valence-corrected chi connectivity index (χ3v) is 4.52. The minimum atomic E-state index is -1.07. The van der Waals surface area contributed by atoms with Gasteiger partial charge >= 0.3 is 12.1 Å². The molecule has 0 radical (unpaired) electrons. The second-order valence-electron chi connectivity index (χ2n) is 8.75. The highest BCUT2D eigenvalue weighted by Crippen LogP contribution is 2.24. The predicted octanol–water partition coefficient (Wildman–Crippen LogP) is 2.58. The summed E-state index contributed by atoms with van der Waals surface area (Å²) in [5.41, 5.74) is -0.203. The van der Waals surface area contributed by atoms with Crippen LogP contribution in [0.1, 0.15) is 46.2 Å². The Balaban J connectivity index is 3.32. The molecule has 0 aliphatic carbocycles. The van der Waals surface area contributed by atoms with E-state index in [-0.39, 0.29) is 19.0 Å². The summed E-state index contributed by atoms with van der Waals surface area (Å²) >= 11 is 0. The van der Waals surface area contributed by atoms with Gasteiger partial charge in [0.15, 0.2) is 0 Å². The van der Waals surface area contributed by atoms with E-state index in [2.05, 4.69) is 21.9 Å². The lowest BCUT2D eigenvalue weighted by Crippen LogP contribution is -2.55. The van der Waals surface area contributed by atoms with Crippen LogP contribution in [-0.4, -0.2) is 60.6 Å². The van der Waals surface area contributed by atoms with Crippen molar-refractivity contribution in [3.8, 4) is 0 Å². The maximum atomic E-state index is 13.6. The van der Waals surface area contributed by atoms with Crippen LogP contribution in [0.15, 0.2) is 43.0 Å². The Morgan fingerprint density at radius 3 is 2.21 bits per heavy atom. The Kier molecular flexibility index (Phi) is 10.6. The Morgan fingerprint density at radius 2 is 1.73 bits per heavy atom. The Bertz CT molecular complexity index is 832. The van der Waals surface area contributed by atoms with Crippen LogP contribution in [0.3, 0.4) is 0 Å². The molecule has 0 spiro atoms. The van der Waals surface area contributed by atoms with Crippen molar-refractivity contribution in [3.05, 3.63) is 48.6 Å². The number of hydrogen-bond acceptors (Lipinski definition) is 6. The summed E-state index contributed by atoms with van der Waals surface area (Å²) in [6, 6.07) is 6.65. The van der Waals surface area contributed by atoms with Gasteiger partial charge in [0.2, 0.25) is 11.8 Å². The quantitative estimate of drug-likeness (QED) is 0.409. The number of hydrogen-bond donors (Lipinski definition) is 2. The fourth-order valence-corrected chi connectivity index (χ4v) is 3.02. The van der Waals surface area contributed by atoms with E-state index < -0.39 is 41.6 Å². The van der Waals surface area contributed by atoms with Crippen LogP contribution in [0.4, 0.5) is 4.79 Å². The summed E-state index contributed by atoms with van der Waals surface area (Å²) in [5.74, 6) is -1.98. The van der Waals surface area contributed by atoms with E-state index in [4.69, 9.17) is 4.74 Å². The van der Waals surface area contributed by atoms with Crippen LogP contribution in [0.5, 0.6) is 0 Å². The molecule has 0 saturated carbocycles. The lowest BCUT2D eigenvalue weighted by molar-refractivity contribution is -0.144. The van der Waals surface area contributed by atoms with Crippen molar-refractivity contribution in [1.82, 2.24) is 15.5 Å². The van der Waals surface area contributed by atoms with Gasteiger partial charge in [0.05, 0.1) is 7.11 Å². The molecule has 2 unspecified atom stereocenters. The van der Waals surface area contributed by atoms with Gasteiger partial charge in [0.1, 0.15) is 24.2 Å². The van der Waals surface area contributed by atoms with Gasteiger partial charge in [-0.15, -0.1) is 6.58 Å². The van der Waals surface area contributed by atoms with Crippen LogP contribution in [0.2, 0.25) is 0 Å². The SMILES string of the molecule is C=CCN(C(=O)C(NC(=O)OC(C)(C)C)C(C)C)C(C(=O)NCC(=O)OC)c1ccccc1. The number of carbonyl (C=O) groups is 4. The van der Waals surface area contributed by atoms with Gasteiger partial charge in [0.25, 0.3) is 0 Å². The summed E-state index contributed by atoms with van der Waals surface area (Å²) in [6.07, 6.45) is 0.756. The molecule has 0 aliphatic rings. The van der Waals surface area contributed by atoms with Gasteiger partial charge in [-0.25, -0.2) is 4.79 Å². The van der Waals surface area contributed by atoms with Crippen LogP contribution in [0, 0.1) is 5.92 Å². The lowest BCUT2D eigenvalue weighted by atomic mass is 9.99. The minimum Gasteiger partial charge on any atom is -0.468 e. The molecule has 0 heterocycles. The second-order valence-corrected chi connectivity index (χ2v) is 8.75. The van der Waals surface area contributed by atoms with E-state index in [0.29, 0.717) is 5.56 Å². The molecule has 2 N–H and O–H groups in total. The van der Waals surface area contributed by atoms with Crippen molar-refractivity contribution in [3.63, 3.8) is 0 Å². The van der Waals surface area contributed by atoms with Gasteiger partial charge in [-0.3, -0.25) is 14.4 Å². The molecule has 0 aliphatic heterocycles. The minimum absolute atomic E-state index is 0.0310. The number of methoxy groups -OCH3 is 1. The third kappa shape index (κ3) is 8.96. The first-order valence-corrected chi connectivity index (χ1v) is 10.7. The highest BCUT2D eigenvalue weighted by atomic mass is 16.6. The zero-order chi connectivity index (χ0) is 25.2. The van der Waals surface area contributed by atoms with E-state index in [0.717, 1.165) is 0 Å². The van der Waals surface area contributed by atoms with Crippen LogP contribution in [0.25, 0.3) is 0 Å². The van der Waals surface area contributed by atoms with Crippen molar-refractivity contribution < 1.29 is 28.7 Å². The number of carbonyl (C=O) groups excluding carboxylic acids is 4. The fourth-order valence-electron chi connectivity index (χ4n) is 3.02. The van der Waals surface area contributed by atoms with E-state index >= 15 is 0 Å². The average molecular weight is 462 g/mol. The third-order valence-electron chi connectivity index (χ3n) is 4.52. The van der Waals surface area contributed by atoms with Gasteiger partial charge in [0, 0.05) is 6.54 Å². The molecule has 1 rings (SSSR count). The fraction of sp³-hybridized carbons (Fsp3) is 0.500. The topological polar surface area (TPSA) is 114 Å². The van der Waals surface area contributed by atoms with Gasteiger partial charge in [-0.2, -0.15) is 0 Å². The molecule has 33 heavy (non-hydrogen) atoms. The standard InChI is InChI=1S/C24H35N3O6/c1-8-14-27(22(30)19(16(2)3)26-23(31)33-24(4,5)6)20(17-12-10-9-11-13-17)21(29)25-15-18(28)32-7/h8-13,16,19-20H,1,14-15H2,2-7H3,(H,25,29)(H,26,31). The van der Waals surface area contributed by atoms with Crippen molar-refractivity contribution in [2.45, 2.75) is 52.3 Å². The maximum absolute atomic E-state index is 13.6. The molecule has 182 valence electrons. The molecule has 2 atom stereocenters. The van der Waals surface area contributed by atoms with E-state index in [1.165, 1.54) is 18.1 Å².